The Labute approximate surface area is 206 Å². The fraction of sp³-hybridized carbons (Fsp3) is 0.567. The molecule has 188 valence electrons. The number of para-hydroxylation sites is 1. The van der Waals surface area contributed by atoms with Crippen molar-refractivity contribution in [2.45, 2.75) is 103 Å². The van der Waals surface area contributed by atoms with Gasteiger partial charge in [-0.1, -0.05) is 109 Å². The quantitative estimate of drug-likeness (QED) is 0.160. The molecule has 0 bridgehead atoms. The number of benzene rings is 2. The first-order valence-corrected chi connectivity index (χ1v) is 13.4. The van der Waals surface area contributed by atoms with Crippen LogP contribution in [0.2, 0.25) is 0 Å². The first-order chi connectivity index (χ1) is 16.6. The topological polar surface area (TPSA) is 66.8 Å². The van der Waals surface area contributed by atoms with E-state index >= 15 is 0 Å². The minimum absolute atomic E-state index is 0.0969. The molecule has 0 atom stereocenters. The molecule has 0 saturated carbocycles. The van der Waals surface area contributed by atoms with E-state index in [1.165, 1.54) is 102 Å². The van der Waals surface area contributed by atoms with Crippen LogP contribution in [0, 0.1) is 0 Å². The number of ether oxygens (including phenoxy) is 1. The van der Waals surface area contributed by atoms with E-state index in [0.717, 1.165) is 12.8 Å². The molecule has 2 aromatic carbocycles. The minimum atomic E-state index is -0.412. The maximum Gasteiger partial charge on any atom is 0.200 e. The molecule has 0 fully saturated rings. The minimum Gasteiger partial charge on any atom is -0.507 e. The van der Waals surface area contributed by atoms with Crippen molar-refractivity contribution in [3.8, 4) is 17.2 Å². The van der Waals surface area contributed by atoms with Crippen molar-refractivity contribution < 1.29 is 19.7 Å². The summed E-state index contributed by atoms with van der Waals surface area (Å²) in [4.78, 5) is 12.6. The van der Waals surface area contributed by atoms with E-state index in [0.29, 0.717) is 12.4 Å². The van der Waals surface area contributed by atoms with Crippen LogP contribution < -0.4 is 4.74 Å². The van der Waals surface area contributed by atoms with Crippen LogP contribution in [-0.4, -0.2) is 22.6 Å². The third kappa shape index (κ3) is 10.6. The van der Waals surface area contributed by atoms with E-state index in [1.54, 1.807) is 24.3 Å². The molecule has 0 radical (unpaired) electrons. The summed E-state index contributed by atoms with van der Waals surface area (Å²) in [7, 11) is 0. The Bertz CT molecular complexity index is 830. The molecule has 0 aliphatic heterocycles. The molecule has 4 nitrogen and oxygen atoms in total. The predicted octanol–water partition coefficient (Wildman–Crippen LogP) is 8.58. The lowest BCUT2D eigenvalue weighted by Crippen LogP contribution is -2.03. The van der Waals surface area contributed by atoms with Crippen LogP contribution >= 0.6 is 0 Å². The molecule has 0 unspecified atom stereocenters. The number of ketones is 1. The van der Waals surface area contributed by atoms with Crippen LogP contribution in [0.3, 0.4) is 0 Å². The van der Waals surface area contributed by atoms with Gasteiger partial charge >= 0.3 is 0 Å². The monoisotopic (exact) mass is 468 g/mol. The van der Waals surface area contributed by atoms with Crippen molar-refractivity contribution in [1.82, 2.24) is 0 Å². The molecule has 2 aromatic rings. The van der Waals surface area contributed by atoms with Crippen LogP contribution in [0.4, 0.5) is 0 Å². The second kappa shape index (κ2) is 17.0. The molecule has 4 heteroatoms. The maximum atomic E-state index is 12.6. The van der Waals surface area contributed by atoms with Crippen molar-refractivity contribution in [2.75, 3.05) is 6.61 Å². The van der Waals surface area contributed by atoms with Crippen molar-refractivity contribution in [3.05, 3.63) is 53.6 Å². The molecular weight excluding hydrogens is 424 g/mol. The van der Waals surface area contributed by atoms with Gasteiger partial charge in [-0.3, -0.25) is 4.79 Å². The number of hydrogen-bond acceptors (Lipinski definition) is 4. The summed E-state index contributed by atoms with van der Waals surface area (Å²) in [6, 6.07) is 11.0. The Hall–Kier alpha value is -2.49. The number of carbonyl (C=O) groups excluding carboxylic acids is 1. The molecule has 34 heavy (non-hydrogen) atoms. The Morgan fingerprint density at radius 3 is 1.68 bits per heavy atom. The highest BCUT2D eigenvalue weighted by Gasteiger charge is 2.17. The summed E-state index contributed by atoms with van der Waals surface area (Å²) >= 11 is 0. The summed E-state index contributed by atoms with van der Waals surface area (Å²) in [5, 5.41) is 20.1. The number of unbranched alkanes of at least 4 members (excludes halogenated alkanes) is 14. The molecule has 0 spiro atoms. The van der Waals surface area contributed by atoms with Gasteiger partial charge in [-0.25, -0.2) is 0 Å². The van der Waals surface area contributed by atoms with Gasteiger partial charge in [0.2, 0.25) is 0 Å². The Balaban J connectivity index is 1.50. The van der Waals surface area contributed by atoms with E-state index in [2.05, 4.69) is 6.92 Å². The second-order valence-electron chi connectivity index (χ2n) is 9.32. The van der Waals surface area contributed by atoms with E-state index in [9.17, 15) is 15.0 Å². The zero-order valence-corrected chi connectivity index (χ0v) is 21.1. The fourth-order valence-corrected chi connectivity index (χ4v) is 4.27. The van der Waals surface area contributed by atoms with Gasteiger partial charge in [0.25, 0.3) is 0 Å². The predicted molar refractivity (Wildman–Crippen MR) is 140 cm³/mol. The van der Waals surface area contributed by atoms with Crippen molar-refractivity contribution in [1.29, 1.82) is 0 Å². The smallest absolute Gasteiger partial charge is 0.200 e. The summed E-state index contributed by atoms with van der Waals surface area (Å²) in [5.74, 6) is -0.0936. The van der Waals surface area contributed by atoms with Gasteiger partial charge < -0.3 is 14.9 Å². The first kappa shape index (κ1) is 27.8. The zero-order chi connectivity index (χ0) is 24.4. The fourth-order valence-electron chi connectivity index (χ4n) is 4.27. The maximum absolute atomic E-state index is 12.6. The van der Waals surface area contributed by atoms with Crippen molar-refractivity contribution >= 4 is 5.78 Å². The van der Waals surface area contributed by atoms with E-state index in [4.69, 9.17) is 4.74 Å². The van der Waals surface area contributed by atoms with E-state index in [-0.39, 0.29) is 22.6 Å². The number of carbonyl (C=O) groups is 1. The van der Waals surface area contributed by atoms with Crippen LogP contribution in [-0.2, 0) is 0 Å². The van der Waals surface area contributed by atoms with Gasteiger partial charge in [-0.15, -0.1) is 0 Å². The van der Waals surface area contributed by atoms with Crippen LogP contribution in [0.5, 0.6) is 17.2 Å². The Morgan fingerprint density at radius 2 is 1.15 bits per heavy atom. The second-order valence-corrected chi connectivity index (χ2v) is 9.32. The average Bonchev–Trinajstić information content (AvgIpc) is 2.84. The van der Waals surface area contributed by atoms with Gasteiger partial charge in [-0.05, 0) is 30.7 Å². The molecular formula is C30H44O4. The molecule has 2 rings (SSSR count). The summed E-state index contributed by atoms with van der Waals surface area (Å²) < 4.78 is 5.74. The molecule has 0 heterocycles. The van der Waals surface area contributed by atoms with Gasteiger partial charge in [-0.2, -0.15) is 0 Å². The lowest BCUT2D eigenvalue weighted by Gasteiger charge is -2.10. The summed E-state index contributed by atoms with van der Waals surface area (Å²) in [6.45, 7) is 2.87. The normalized spacial score (nSPS) is 11.0. The Kier molecular flexibility index (Phi) is 13.9. The third-order valence-electron chi connectivity index (χ3n) is 6.38. The van der Waals surface area contributed by atoms with Crippen LogP contribution in [0.25, 0.3) is 0 Å². The lowest BCUT2D eigenvalue weighted by atomic mass is 10.0. The van der Waals surface area contributed by atoms with Gasteiger partial charge in [0.15, 0.2) is 5.78 Å². The van der Waals surface area contributed by atoms with E-state index < -0.39 is 5.78 Å². The number of aromatic hydroxyl groups is 2. The molecule has 0 aliphatic carbocycles. The molecule has 0 aromatic heterocycles. The largest absolute Gasteiger partial charge is 0.507 e. The lowest BCUT2D eigenvalue weighted by molar-refractivity contribution is 0.103. The summed E-state index contributed by atoms with van der Waals surface area (Å²) in [5.41, 5.74) is 0.324. The number of hydrogen-bond donors (Lipinski definition) is 2. The molecule has 0 amide bonds. The molecule has 2 N–H and O–H groups in total. The van der Waals surface area contributed by atoms with E-state index in [1.807, 2.05) is 0 Å². The highest BCUT2D eigenvalue weighted by atomic mass is 16.5. The highest BCUT2D eigenvalue weighted by molar-refractivity contribution is 6.12. The molecule has 0 saturated heterocycles. The van der Waals surface area contributed by atoms with Gasteiger partial charge in [0.05, 0.1) is 17.7 Å². The first-order valence-electron chi connectivity index (χ1n) is 13.4. The average molecular weight is 469 g/mol. The third-order valence-corrected chi connectivity index (χ3v) is 6.38. The number of rotatable bonds is 19. The van der Waals surface area contributed by atoms with Crippen molar-refractivity contribution in [3.63, 3.8) is 0 Å². The van der Waals surface area contributed by atoms with Crippen molar-refractivity contribution in [2.24, 2.45) is 0 Å². The SMILES string of the molecule is CCCCCCCCCCCCCCCCCOc1ccc(C(=O)c2ccccc2O)c(O)c1. The van der Waals surface area contributed by atoms with Crippen LogP contribution in [0.15, 0.2) is 42.5 Å². The van der Waals surface area contributed by atoms with Gasteiger partial charge in [0, 0.05) is 6.07 Å². The van der Waals surface area contributed by atoms with Gasteiger partial charge in [0.1, 0.15) is 17.2 Å². The highest BCUT2D eigenvalue weighted by Crippen LogP contribution is 2.28. The van der Waals surface area contributed by atoms with Crippen LogP contribution in [0.1, 0.15) is 119 Å². The number of phenolic OH excluding ortho intramolecular Hbond substituents is 2. The Morgan fingerprint density at radius 1 is 0.647 bits per heavy atom. The standard InChI is InChI=1S/C30H44O4/c1-2-3-4-5-6-7-8-9-10-11-12-13-14-15-18-23-34-25-21-22-27(29(32)24-25)30(33)26-19-16-17-20-28(26)31/h16-17,19-22,24,31-32H,2-15,18,23H2,1H3. The zero-order valence-electron chi connectivity index (χ0n) is 21.1. The number of phenols is 2. The summed E-state index contributed by atoms with van der Waals surface area (Å²) in [6.07, 6.45) is 19.9. The molecule has 0 aliphatic rings.